The molecule has 2 aromatic carbocycles. The highest BCUT2D eigenvalue weighted by Gasteiger charge is 2.17. The van der Waals surface area contributed by atoms with E-state index in [9.17, 15) is 9.59 Å². The zero-order valence-corrected chi connectivity index (χ0v) is 15.0. The Hall–Kier alpha value is -2.54. The highest BCUT2D eigenvalue weighted by molar-refractivity contribution is 9.10. The fourth-order valence-corrected chi connectivity index (χ4v) is 2.63. The largest absolute Gasteiger partial charge is 0.482 e. The predicted molar refractivity (Wildman–Crippen MR) is 92.0 cm³/mol. The van der Waals surface area contributed by atoms with E-state index >= 15 is 0 Å². The first-order valence-corrected chi connectivity index (χ1v) is 8.29. The number of hydrogen-bond donors (Lipinski definition) is 0. The lowest BCUT2D eigenvalue weighted by Gasteiger charge is -2.09. The minimum atomic E-state index is -0.500. The quantitative estimate of drug-likeness (QED) is 0.539. The van der Waals surface area contributed by atoms with Crippen LogP contribution in [0.5, 0.6) is 17.2 Å². The molecule has 0 bridgehead atoms. The second-order valence-corrected chi connectivity index (χ2v) is 6.18. The zero-order valence-electron chi connectivity index (χ0n) is 13.4. The van der Waals surface area contributed by atoms with Crippen molar-refractivity contribution in [2.24, 2.45) is 0 Å². The Bertz CT molecular complexity index is 800. The highest BCUT2D eigenvalue weighted by Crippen LogP contribution is 2.37. The Morgan fingerprint density at radius 2 is 1.80 bits per heavy atom. The van der Waals surface area contributed by atoms with Crippen LogP contribution in [-0.2, 0) is 16.1 Å². The van der Waals surface area contributed by atoms with Crippen molar-refractivity contribution in [3.05, 3.63) is 52.0 Å². The van der Waals surface area contributed by atoms with E-state index in [4.69, 9.17) is 18.9 Å². The normalized spacial score (nSPS) is 11.9. The Labute approximate surface area is 152 Å². The summed E-state index contributed by atoms with van der Waals surface area (Å²) in [6.07, 6.45) is 0. The first-order valence-electron chi connectivity index (χ1n) is 7.50. The molecule has 6 nitrogen and oxygen atoms in total. The van der Waals surface area contributed by atoms with Crippen molar-refractivity contribution in [3.63, 3.8) is 0 Å². The number of carbonyl (C=O) groups is 2. The topological polar surface area (TPSA) is 71.1 Å². The number of esters is 1. The van der Waals surface area contributed by atoms with Gasteiger partial charge in [0.2, 0.25) is 6.79 Å². The maximum absolute atomic E-state index is 11.8. The fourth-order valence-electron chi connectivity index (χ4n) is 2.20. The van der Waals surface area contributed by atoms with Crippen LogP contribution < -0.4 is 14.2 Å². The lowest BCUT2D eigenvalue weighted by atomic mass is 10.1. The van der Waals surface area contributed by atoms with E-state index in [2.05, 4.69) is 15.9 Å². The third kappa shape index (κ3) is 4.30. The average molecular weight is 407 g/mol. The molecule has 0 radical (unpaired) electrons. The van der Waals surface area contributed by atoms with Crippen molar-refractivity contribution < 1.29 is 28.5 Å². The number of hydrogen-bond acceptors (Lipinski definition) is 6. The van der Waals surface area contributed by atoms with Gasteiger partial charge in [-0.3, -0.25) is 4.79 Å². The van der Waals surface area contributed by atoms with Gasteiger partial charge in [0.05, 0.1) is 0 Å². The molecule has 0 aromatic heterocycles. The van der Waals surface area contributed by atoms with Gasteiger partial charge in [0.15, 0.2) is 23.9 Å². The molecule has 0 atom stereocenters. The number of halogens is 1. The molecular formula is C18H15BrO6. The van der Waals surface area contributed by atoms with Crippen LogP contribution in [0.2, 0.25) is 0 Å². The van der Waals surface area contributed by atoms with Crippen molar-refractivity contribution in [1.82, 2.24) is 0 Å². The molecule has 0 fully saturated rings. The van der Waals surface area contributed by atoms with E-state index in [1.165, 1.54) is 6.92 Å². The van der Waals surface area contributed by atoms with Crippen molar-refractivity contribution in [1.29, 1.82) is 0 Å². The highest BCUT2D eigenvalue weighted by atomic mass is 79.9. The smallest absolute Gasteiger partial charge is 0.344 e. The van der Waals surface area contributed by atoms with Crippen molar-refractivity contribution in [2.45, 2.75) is 13.5 Å². The van der Waals surface area contributed by atoms with Crippen LogP contribution in [-0.4, -0.2) is 25.2 Å². The predicted octanol–water partition coefficient (Wildman–Crippen LogP) is 3.50. The number of carbonyl (C=O) groups excluding carboxylic acids is 2. The summed E-state index contributed by atoms with van der Waals surface area (Å²) in [5.41, 5.74) is 1.35. The molecule has 0 spiro atoms. The minimum absolute atomic E-state index is 0.0275. The van der Waals surface area contributed by atoms with Crippen LogP contribution in [0, 0.1) is 0 Å². The van der Waals surface area contributed by atoms with Crippen molar-refractivity contribution in [3.8, 4) is 17.2 Å². The van der Waals surface area contributed by atoms with Crippen molar-refractivity contribution >= 4 is 27.7 Å². The molecule has 1 aliphatic rings. The van der Waals surface area contributed by atoms with Crippen LogP contribution >= 0.6 is 15.9 Å². The lowest BCUT2D eigenvalue weighted by Crippen LogP contribution is -2.15. The van der Waals surface area contributed by atoms with Gasteiger partial charge in [-0.2, -0.15) is 0 Å². The van der Waals surface area contributed by atoms with E-state index in [-0.39, 0.29) is 25.8 Å². The van der Waals surface area contributed by atoms with Gasteiger partial charge in [-0.1, -0.05) is 15.9 Å². The molecule has 0 aliphatic carbocycles. The molecule has 0 N–H and O–H groups in total. The number of fused-ring (bicyclic) bond motifs is 1. The summed E-state index contributed by atoms with van der Waals surface area (Å²) < 4.78 is 21.9. The summed E-state index contributed by atoms with van der Waals surface area (Å²) in [5, 5.41) is 0. The van der Waals surface area contributed by atoms with Gasteiger partial charge >= 0.3 is 5.97 Å². The fraction of sp³-hybridized carbons (Fsp3) is 0.222. The summed E-state index contributed by atoms with van der Waals surface area (Å²) in [6, 6.07) is 10.1. The molecule has 0 saturated carbocycles. The second-order valence-electron chi connectivity index (χ2n) is 5.33. The van der Waals surface area contributed by atoms with Crippen LogP contribution in [0.1, 0.15) is 22.8 Å². The van der Waals surface area contributed by atoms with Crippen LogP contribution in [0.3, 0.4) is 0 Å². The SMILES string of the molecule is CC(=O)c1ccc(OCC(=O)OCc2cc3c(cc2Br)OCO3)cc1. The molecule has 2 aromatic rings. The van der Waals surface area contributed by atoms with E-state index in [0.29, 0.717) is 22.8 Å². The summed E-state index contributed by atoms with van der Waals surface area (Å²) in [7, 11) is 0. The summed E-state index contributed by atoms with van der Waals surface area (Å²) in [4.78, 5) is 23.0. The molecule has 3 rings (SSSR count). The van der Waals surface area contributed by atoms with E-state index in [1.54, 1.807) is 36.4 Å². The Balaban J connectivity index is 1.51. The van der Waals surface area contributed by atoms with Gasteiger partial charge in [0, 0.05) is 15.6 Å². The minimum Gasteiger partial charge on any atom is -0.482 e. The van der Waals surface area contributed by atoms with Gasteiger partial charge in [-0.05, 0) is 43.3 Å². The Morgan fingerprint density at radius 3 is 2.48 bits per heavy atom. The van der Waals surface area contributed by atoms with E-state index in [1.807, 2.05) is 0 Å². The summed E-state index contributed by atoms with van der Waals surface area (Å²) in [6.45, 7) is 1.53. The molecule has 130 valence electrons. The first-order chi connectivity index (χ1) is 12.0. The Kier molecular flexibility index (Phi) is 5.23. The maximum Gasteiger partial charge on any atom is 0.344 e. The van der Waals surface area contributed by atoms with E-state index < -0.39 is 5.97 Å². The molecule has 25 heavy (non-hydrogen) atoms. The van der Waals surface area contributed by atoms with E-state index in [0.717, 1.165) is 10.0 Å². The molecule has 1 aliphatic heterocycles. The van der Waals surface area contributed by atoms with Gasteiger partial charge in [-0.25, -0.2) is 4.79 Å². The first kappa shape index (κ1) is 17.3. The number of ether oxygens (including phenoxy) is 4. The second kappa shape index (κ2) is 7.57. The van der Waals surface area contributed by atoms with Gasteiger partial charge in [0.25, 0.3) is 0 Å². The van der Waals surface area contributed by atoms with Crippen LogP contribution in [0.4, 0.5) is 0 Å². The Morgan fingerprint density at radius 1 is 1.12 bits per heavy atom. The van der Waals surface area contributed by atoms with Gasteiger partial charge in [-0.15, -0.1) is 0 Å². The molecule has 7 heteroatoms. The van der Waals surface area contributed by atoms with Crippen LogP contribution in [0.25, 0.3) is 0 Å². The molecule has 1 heterocycles. The lowest BCUT2D eigenvalue weighted by molar-refractivity contribution is -0.147. The van der Waals surface area contributed by atoms with Crippen molar-refractivity contribution in [2.75, 3.05) is 13.4 Å². The number of rotatable bonds is 6. The number of ketones is 1. The monoisotopic (exact) mass is 406 g/mol. The van der Waals surface area contributed by atoms with Crippen LogP contribution in [0.15, 0.2) is 40.9 Å². The maximum atomic E-state index is 11.8. The summed E-state index contributed by atoms with van der Waals surface area (Å²) >= 11 is 3.41. The standard InChI is InChI=1S/C18H15BrO6/c1-11(20)12-2-4-14(5-3-12)22-9-18(21)23-8-13-6-16-17(7-15(13)19)25-10-24-16/h2-7H,8-10H2,1H3. The molecular weight excluding hydrogens is 392 g/mol. The number of benzene rings is 2. The van der Waals surface area contributed by atoms with Gasteiger partial charge < -0.3 is 18.9 Å². The molecule has 0 saturated heterocycles. The average Bonchev–Trinajstić information content (AvgIpc) is 3.05. The third-order valence-electron chi connectivity index (χ3n) is 3.55. The number of Topliss-reactive ketones (excluding diaryl/α,β-unsaturated/α-hetero) is 1. The summed E-state index contributed by atoms with van der Waals surface area (Å²) in [5.74, 6) is 1.24. The zero-order chi connectivity index (χ0) is 17.8. The molecule has 0 unspecified atom stereocenters. The third-order valence-corrected chi connectivity index (χ3v) is 4.29. The van der Waals surface area contributed by atoms with Gasteiger partial charge in [0.1, 0.15) is 12.4 Å². The molecule has 0 amide bonds.